The molecule has 1 N–H and O–H groups in total. The highest BCUT2D eigenvalue weighted by atomic mass is 16.3. The molecule has 90 valence electrons. The average molecular weight is 214 g/mol. The molecule has 0 spiro atoms. The van der Waals surface area contributed by atoms with Gasteiger partial charge in [-0.05, 0) is 46.3 Å². The van der Waals surface area contributed by atoms with Gasteiger partial charge in [-0.1, -0.05) is 6.92 Å². The molecule has 0 aromatic rings. The molecule has 2 atom stereocenters. The maximum Gasteiger partial charge on any atom is 0.0446 e. The molecule has 1 saturated heterocycles. The Labute approximate surface area is 94.1 Å². The van der Waals surface area contributed by atoms with Crippen LogP contribution in [0.1, 0.15) is 33.1 Å². The lowest BCUT2D eigenvalue weighted by atomic mass is 10.1. The number of aliphatic hydroxyl groups excluding tert-OH is 1. The number of hydrogen-bond donors (Lipinski definition) is 1. The van der Waals surface area contributed by atoms with Crippen molar-refractivity contribution in [2.24, 2.45) is 0 Å². The molecule has 3 heteroatoms. The van der Waals surface area contributed by atoms with Crippen LogP contribution >= 0.6 is 0 Å². The van der Waals surface area contributed by atoms with Gasteiger partial charge in [0.2, 0.25) is 0 Å². The van der Waals surface area contributed by atoms with Crippen molar-refractivity contribution in [3.05, 3.63) is 0 Å². The van der Waals surface area contributed by atoms with Gasteiger partial charge in [0.15, 0.2) is 0 Å². The summed E-state index contributed by atoms with van der Waals surface area (Å²) in [6.45, 7) is 8.34. The van der Waals surface area contributed by atoms with E-state index in [0.717, 1.165) is 19.5 Å². The van der Waals surface area contributed by atoms with E-state index in [1.165, 1.54) is 19.4 Å². The molecule has 1 aliphatic rings. The van der Waals surface area contributed by atoms with Crippen molar-refractivity contribution in [2.45, 2.75) is 45.2 Å². The van der Waals surface area contributed by atoms with Crippen LogP contribution in [0.5, 0.6) is 0 Å². The summed E-state index contributed by atoms with van der Waals surface area (Å²) in [5, 5.41) is 9.06. The zero-order valence-corrected chi connectivity index (χ0v) is 10.4. The molecule has 2 unspecified atom stereocenters. The first-order valence-electron chi connectivity index (χ1n) is 6.24. The Bertz CT molecular complexity index is 157. The summed E-state index contributed by atoms with van der Waals surface area (Å²) >= 11 is 0. The van der Waals surface area contributed by atoms with Crippen LogP contribution in [0.15, 0.2) is 0 Å². The molecule has 15 heavy (non-hydrogen) atoms. The van der Waals surface area contributed by atoms with Crippen LogP contribution in [0.4, 0.5) is 0 Å². The molecule has 0 radical (unpaired) electrons. The van der Waals surface area contributed by atoms with Gasteiger partial charge in [0, 0.05) is 25.2 Å². The fourth-order valence-corrected chi connectivity index (χ4v) is 2.41. The van der Waals surface area contributed by atoms with E-state index in [9.17, 15) is 0 Å². The fourth-order valence-electron chi connectivity index (χ4n) is 2.41. The summed E-state index contributed by atoms with van der Waals surface area (Å²) in [5.74, 6) is 0. The molecule has 0 aromatic carbocycles. The van der Waals surface area contributed by atoms with E-state index in [0.29, 0.717) is 18.7 Å². The minimum atomic E-state index is 0.309. The molecule has 0 saturated carbocycles. The van der Waals surface area contributed by atoms with Gasteiger partial charge in [-0.15, -0.1) is 0 Å². The smallest absolute Gasteiger partial charge is 0.0446 e. The van der Waals surface area contributed by atoms with Crippen LogP contribution in [0.25, 0.3) is 0 Å². The van der Waals surface area contributed by atoms with Gasteiger partial charge in [-0.2, -0.15) is 0 Å². The van der Waals surface area contributed by atoms with Crippen LogP contribution in [0, 0.1) is 0 Å². The minimum absolute atomic E-state index is 0.309. The van der Waals surface area contributed by atoms with Crippen molar-refractivity contribution >= 4 is 0 Å². The van der Waals surface area contributed by atoms with Gasteiger partial charge in [0.05, 0.1) is 0 Å². The van der Waals surface area contributed by atoms with E-state index in [4.69, 9.17) is 5.11 Å². The van der Waals surface area contributed by atoms with Crippen molar-refractivity contribution in [3.63, 3.8) is 0 Å². The third-order valence-electron chi connectivity index (χ3n) is 3.56. The molecule has 1 fully saturated rings. The maximum atomic E-state index is 9.06. The number of rotatable bonds is 4. The Morgan fingerprint density at radius 2 is 2.13 bits per heavy atom. The molecule has 3 nitrogen and oxygen atoms in total. The number of aliphatic hydroxyl groups is 1. The second kappa shape index (κ2) is 6.46. The molecule has 0 amide bonds. The molecule has 1 heterocycles. The first kappa shape index (κ1) is 12.9. The van der Waals surface area contributed by atoms with E-state index in [2.05, 4.69) is 30.7 Å². The van der Waals surface area contributed by atoms with Crippen molar-refractivity contribution in [2.75, 3.05) is 33.3 Å². The summed E-state index contributed by atoms with van der Waals surface area (Å²) in [7, 11) is 2.18. The van der Waals surface area contributed by atoms with Crippen LogP contribution in [0.3, 0.4) is 0 Å². The number of likely N-dealkylation sites (N-methyl/N-ethyl adjacent to an activating group) is 1. The Balaban J connectivity index is 2.56. The lowest BCUT2D eigenvalue weighted by molar-refractivity contribution is 0.152. The fraction of sp³-hybridized carbons (Fsp3) is 1.00. The van der Waals surface area contributed by atoms with Crippen molar-refractivity contribution in [1.82, 2.24) is 9.80 Å². The SMILES string of the molecule is CCCN1CC(CCO)N(C)CCC1C. The second-order valence-electron chi connectivity index (χ2n) is 4.78. The highest BCUT2D eigenvalue weighted by Crippen LogP contribution is 2.16. The predicted octanol–water partition coefficient (Wildman–Crippen LogP) is 1.17. The van der Waals surface area contributed by atoms with Gasteiger partial charge in [0.25, 0.3) is 0 Å². The van der Waals surface area contributed by atoms with E-state index in [-0.39, 0.29) is 0 Å². The monoisotopic (exact) mass is 214 g/mol. The Kier molecular flexibility index (Phi) is 5.58. The minimum Gasteiger partial charge on any atom is -0.396 e. The van der Waals surface area contributed by atoms with Gasteiger partial charge in [0.1, 0.15) is 0 Å². The van der Waals surface area contributed by atoms with Crippen molar-refractivity contribution < 1.29 is 5.11 Å². The first-order valence-corrected chi connectivity index (χ1v) is 6.24. The molecule has 0 bridgehead atoms. The van der Waals surface area contributed by atoms with Crippen LogP contribution in [-0.4, -0.2) is 60.3 Å². The quantitative estimate of drug-likeness (QED) is 0.761. The van der Waals surface area contributed by atoms with Crippen molar-refractivity contribution in [3.8, 4) is 0 Å². The molecule has 0 aromatic heterocycles. The highest BCUT2D eigenvalue weighted by molar-refractivity contribution is 4.81. The second-order valence-corrected chi connectivity index (χ2v) is 4.78. The van der Waals surface area contributed by atoms with E-state index >= 15 is 0 Å². The van der Waals surface area contributed by atoms with Crippen LogP contribution in [-0.2, 0) is 0 Å². The normalized spacial score (nSPS) is 30.4. The van der Waals surface area contributed by atoms with Gasteiger partial charge in [-0.3, -0.25) is 4.90 Å². The Hall–Kier alpha value is -0.120. The molecular formula is C12H26N2O. The Morgan fingerprint density at radius 1 is 1.40 bits per heavy atom. The third kappa shape index (κ3) is 3.74. The third-order valence-corrected chi connectivity index (χ3v) is 3.56. The van der Waals surface area contributed by atoms with Gasteiger partial charge in [-0.25, -0.2) is 0 Å². The molecule has 0 aliphatic carbocycles. The standard InChI is InChI=1S/C12H26N2O/c1-4-7-14-10-12(6-9-15)13(3)8-5-11(14)2/h11-12,15H,4-10H2,1-3H3. The highest BCUT2D eigenvalue weighted by Gasteiger charge is 2.25. The topological polar surface area (TPSA) is 26.7 Å². The van der Waals surface area contributed by atoms with Gasteiger partial charge < -0.3 is 10.0 Å². The first-order chi connectivity index (χ1) is 7.19. The van der Waals surface area contributed by atoms with Crippen molar-refractivity contribution in [1.29, 1.82) is 0 Å². The number of hydrogen-bond acceptors (Lipinski definition) is 3. The summed E-state index contributed by atoms with van der Waals surface area (Å²) in [6, 6.07) is 1.22. The van der Waals surface area contributed by atoms with E-state index < -0.39 is 0 Å². The van der Waals surface area contributed by atoms with Crippen LogP contribution < -0.4 is 0 Å². The summed E-state index contributed by atoms with van der Waals surface area (Å²) < 4.78 is 0. The summed E-state index contributed by atoms with van der Waals surface area (Å²) in [4.78, 5) is 4.98. The predicted molar refractivity (Wildman–Crippen MR) is 64.1 cm³/mol. The van der Waals surface area contributed by atoms with Crippen LogP contribution in [0.2, 0.25) is 0 Å². The summed E-state index contributed by atoms with van der Waals surface area (Å²) in [6.07, 6.45) is 3.38. The molecular weight excluding hydrogens is 188 g/mol. The number of nitrogens with zero attached hydrogens (tertiary/aromatic N) is 2. The largest absolute Gasteiger partial charge is 0.396 e. The van der Waals surface area contributed by atoms with E-state index in [1.54, 1.807) is 0 Å². The van der Waals surface area contributed by atoms with E-state index in [1.807, 2.05) is 0 Å². The zero-order chi connectivity index (χ0) is 11.3. The lowest BCUT2D eigenvalue weighted by Crippen LogP contribution is -2.41. The average Bonchev–Trinajstić information content (AvgIpc) is 2.34. The maximum absolute atomic E-state index is 9.06. The Morgan fingerprint density at radius 3 is 2.73 bits per heavy atom. The summed E-state index contributed by atoms with van der Waals surface area (Å²) in [5.41, 5.74) is 0. The molecule has 1 rings (SSSR count). The molecule has 1 aliphatic heterocycles. The van der Waals surface area contributed by atoms with Gasteiger partial charge >= 0.3 is 0 Å². The lowest BCUT2D eigenvalue weighted by Gasteiger charge is -2.30. The zero-order valence-electron chi connectivity index (χ0n) is 10.4.